The van der Waals surface area contributed by atoms with E-state index in [4.69, 9.17) is 11.0 Å². The Hall–Kier alpha value is -3.07. The maximum Gasteiger partial charge on any atom is 0.271 e. The molecule has 2 aromatic carbocycles. The Morgan fingerprint density at radius 3 is 2.52 bits per heavy atom. The van der Waals surface area contributed by atoms with E-state index in [0.717, 1.165) is 5.69 Å². The number of para-hydroxylation sites is 1. The lowest BCUT2D eigenvalue weighted by Crippen LogP contribution is -2.19. The molecule has 0 amide bonds. The van der Waals surface area contributed by atoms with Gasteiger partial charge in [0.2, 0.25) is 0 Å². The summed E-state index contributed by atoms with van der Waals surface area (Å²) >= 11 is 0. The maximum atomic E-state index is 10.8. The molecule has 0 aliphatic rings. The summed E-state index contributed by atoms with van der Waals surface area (Å²) in [5.41, 5.74) is 7.74. The van der Waals surface area contributed by atoms with Crippen LogP contribution in [0.1, 0.15) is 6.42 Å². The molecule has 0 aliphatic heterocycles. The van der Waals surface area contributed by atoms with Crippen molar-refractivity contribution in [1.82, 2.24) is 0 Å². The highest BCUT2D eigenvalue weighted by atomic mass is 16.6. The summed E-state index contributed by atoms with van der Waals surface area (Å²) in [4.78, 5) is 12.2. The number of nitrogens with two attached hydrogens (primary N) is 1. The molecular weight excluding hydrogens is 268 g/mol. The van der Waals surface area contributed by atoms with Gasteiger partial charge < -0.3 is 10.6 Å². The third-order valence-electron chi connectivity index (χ3n) is 3.03. The Morgan fingerprint density at radius 2 is 1.95 bits per heavy atom. The largest absolute Gasteiger partial charge is 0.397 e. The van der Waals surface area contributed by atoms with Gasteiger partial charge in [-0.2, -0.15) is 5.26 Å². The molecule has 0 bridgehead atoms. The molecule has 106 valence electrons. The van der Waals surface area contributed by atoms with E-state index in [1.807, 2.05) is 35.2 Å². The molecule has 6 nitrogen and oxygen atoms in total. The van der Waals surface area contributed by atoms with Gasteiger partial charge in [0.15, 0.2) is 0 Å². The van der Waals surface area contributed by atoms with Crippen LogP contribution in [-0.4, -0.2) is 11.5 Å². The molecule has 2 rings (SSSR count). The van der Waals surface area contributed by atoms with Gasteiger partial charge in [-0.25, -0.2) is 0 Å². The molecule has 2 N–H and O–H groups in total. The van der Waals surface area contributed by atoms with Crippen LogP contribution >= 0.6 is 0 Å². The number of hydrogen-bond donors (Lipinski definition) is 1. The van der Waals surface area contributed by atoms with Crippen molar-refractivity contribution in [1.29, 1.82) is 5.26 Å². The van der Waals surface area contributed by atoms with Gasteiger partial charge in [0.05, 0.1) is 28.8 Å². The number of nitrogen functional groups attached to an aromatic ring is 1. The van der Waals surface area contributed by atoms with Gasteiger partial charge in [0, 0.05) is 24.4 Å². The molecule has 0 atom stereocenters. The highest BCUT2D eigenvalue weighted by Crippen LogP contribution is 2.32. The van der Waals surface area contributed by atoms with Crippen LogP contribution in [0.3, 0.4) is 0 Å². The zero-order chi connectivity index (χ0) is 15.2. The van der Waals surface area contributed by atoms with Gasteiger partial charge in [0.1, 0.15) is 0 Å². The second-order valence-electron chi connectivity index (χ2n) is 4.40. The second-order valence-corrected chi connectivity index (χ2v) is 4.40. The molecule has 0 unspecified atom stereocenters. The monoisotopic (exact) mass is 282 g/mol. The average Bonchev–Trinajstić information content (AvgIpc) is 2.50. The van der Waals surface area contributed by atoms with Crippen LogP contribution in [0.15, 0.2) is 48.5 Å². The zero-order valence-electron chi connectivity index (χ0n) is 11.3. The molecule has 0 aliphatic carbocycles. The van der Waals surface area contributed by atoms with E-state index >= 15 is 0 Å². The third-order valence-corrected chi connectivity index (χ3v) is 3.03. The zero-order valence-corrected chi connectivity index (χ0v) is 11.3. The number of nitro benzene ring substituents is 1. The molecule has 0 saturated carbocycles. The van der Waals surface area contributed by atoms with Crippen LogP contribution < -0.4 is 10.6 Å². The SMILES string of the molecule is N#CCCN(c1ccccc1)c1ccc([N+](=O)[O-])cc1N. The number of hydrogen-bond acceptors (Lipinski definition) is 5. The van der Waals surface area contributed by atoms with Crippen LogP contribution in [-0.2, 0) is 0 Å². The van der Waals surface area contributed by atoms with E-state index < -0.39 is 4.92 Å². The van der Waals surface area contributed by atoms with Gasteiger partial charge in [-0.1, -0.05) is 18.2 Å². The predicted molar refractivity (Wildman–Crippen MR) is 81.2 cm³/mol. The Bertz CT molecular complexity index is 680. The molecule has 6 heteroatoms. The van der Waals surface area contributed by atoms with Crippen molar-refractivity contribution in [2.75, 3.05) is 17.2 Å². The molecule has 0 aromatic heterocycles. The molecule has 0 radical (unpaired) electrons. The van der Waals surface area contributed by atoms with Gasteiger partial charge in [-0.3, -0.25) is 10.1 Å². The van der Waals surface area contributed by atoms with Crippen molar-refractivity contribution in [3.8, 4) is 6.07 Å². The Labute approximate surface area is 122 Å². The number of anilines is 3. The summed E-state index contributed by atoms with van der Waals surface area (Å²) in [6.45, 7) is 0.461. The summed E-state index contributed by atoms with van der Waals surface area (Å²) in [6.07, 6.45) is 0.325. The van der Waals surface area contributed by atoms with E-state index in [-0.39, 0.29) is 5.69 Å². The van der Waals surface area contributed by atoms with Crippen molar-refractivity contribution in [3.05, 3.63) is 58.6 Å². The van der Waals surface area contributed by atoms with Crippen molar-refractivity contribution in [2.45, 2.75) is 6.42 Å². The molecule has 21 heavy (non-hydrogen) atoms. The summed E-state index contributed by atoms with van der Waals surface area (Å²) in [7, 11) is 0. The van der Waals surface area contributed by atoms with Crippen LogP contribution in [0.25, 0.3) is 0 Å². The first-order valence-electron chi connectivity index (χ1n) is 6.37. The highest BCUT2D eigenvalue weighted by Gasteiger charge is 2.15. The first-order chi connectivity index (χ1) is 10.1. The third kappa shape index (κ3) is 3.28. The first-order valence-corrected chi connectivity index (χ1v) is 6.37. The second kappa shape index (κ2) is 6.39. The van der Waals surface area contributed by atoms with Crippen molar-refractivity contribution >= 4 is 22.7 Å². The smallest absolute Gasteiger partial charge is 0.271 e. The number of non-ortho nitro benzene ring substituents is 1. The van der Waals surface area contributed by atoms with E-state index in [2.05, 4.69) is 6.07 Å². The molecule has 0 heterocycles. The fraction of sp³-hybridized carbons (Fsp3) is 0.133. The normalized spacial score (nSPS) is 9.86. The van der Waals surface area contributed by atoms with E-state index in [9.17, 15) is 10.1 Å². The van der Waals surface area contributed by atoms with E-state index in [1.54, 1.807) is 6.07 Å². The lowest BCUT2D eigenvalue weighted by Gasteiger charge is -2.25. The Balaban J connectivity index is 2.42. The standard InChI is InChI=1S/C15H14N4O2/c16-9-4-10-18(12-5-2-1-3-6-12)15-8-7-13(19(20)21)11-14(15)17/h1-3,5-8,11H,4,10,17H2. The number of benzene rings is 2. The van der Waals surface area contributed by atoms with Crippen molar-refractivity contribution in [3.63, 3.8) is 0 Å². The summed E-state index contributed by atoms with van der Waals surface area (Å²) in [5.74, 6) is 0. The summed E-state index contributed by atoms with van der Waals surface area (Å²) < 4.78 is 0. The first kappa shape index (κ1) is 14.3. The number of nitriles is 1. The minimum absolute atomic E-state index is 0.0513. The van der Waals surface area contributed by atoms with E-state index in [1.165, 1.54) is 12.1 Å². The van der Waals surface area contributed by atoms with Gasteiger partial charge in [0.25, 0.3) is 5.69 Å². The van der Waals surface area contributed by atoms with Gasteiger partial charge in [-0.05, 0) is 18.2 Å². The number of rotatable bonds is 5. The predicted octanol–water partition coefficient (Wildman–Crippen LogP) is 3.23. The lowest BCUT2D eigenvalue weighted by molar-refractivity contribution is -0.384. The molecule has 0 fully saturated rings. The van der Waals surface area contributed by atoms with Gasteiger partial charge >= 0.3 is 0 Å². The van der Waals surface area contributed by atoms with Crippen molar-refractivity contribution < 1.29 is 4.92 Å². The number of nitro groups is 1. The quantitative estimate of drug-likeness (QED) is 0.516. The Kier molecular flexibility index (Phi) is 4.36. The fourth-order valence-corrected chi connectivity index (χ4v) is 2.06. The number of nitrogens with zero attached hydrogens (tertiary/aromatic N) is 3. The Morgan fingerprint density at radius 1 is 1.24 bits per heavy atom. The van der Waals surface area contributed by atoms with Crippen molar-refractivity contribution in [2.24, 2.45) is 0 Å². The van der Waals surface area contributed by atoms with Crippen LogP contribution in [0, 0.1) is 21.4 Å². The maximum absolute atomic E-state index is 10.8. The molecule has 0 saturated heterocycles. The molecular formula is C15H14N4O2. The molecule has 2 aromatic rings. The van der Waals surface area contributed by atoms with Crippen LogP contribution in [0.2, 0.25) is 0 Å². The minimum Gasteiger partial charge on any atom is -0.397 e. The van der Waals surface area contributed by atoms with Crippen LogP contribution in [0.4, 0.5) is 22.7 Å². The van der Waals surface area contributed by atoms with Crippen LogP contribution in [0.5, 0.6) is 0 Å². The topological polar surface area (TPSA) is 96.2 Å². The average molecular weight is 282 g/mol. The van der Waals surface area contributed by atoms with E-state index in [0.29, 0.717) is 24.3 Å². The fourth-order valence-electron chi connectivity index (χ4n) is 2.06. The summed E-state index contributed by atoms with van der Waals surface area (Å²) in [5, 5.41) is 19.6. The van der Waals surface area contributed by atoms with Gasteiger partial charge in [-0.15, -0.1) is 0 Å². The summed E-state index contributed by atoms with van der Waals surface area (Å²) in [6, 6.07) is 15.9. The highest BCUT2D eigenvalue weighted by molar-refractivity contribution is 5.76. The minimum atomic E-state index is -0.484. The molecule has 0 spiro atoms. The lowest BCUT2D eigenvalue weighted by atomic mass is 10.2.